The van der Waals surface area contributed by atoms with Crippen LogP contribution >= 0.6 is 0 Å². The molecule has 0 radical (unpaired) electrons. The highest BCUT2D eigenvalue weighted by Gasteiger charge is 2.10. The van der Waals surface area contributed by atoms with Crippen molar-refractivity contribution >= 4 is 11.2 Å². The number of nitrogens with one attached hydrogen (secondary N) is 1. The molecule has 24 heavy (non-hydrogen) atoms. The van der Waals surface area contributed by atoms with Gasteiger partial charge in [-0.3, -0.25) is 4.90 Å². The van der Waals surface area contributed by atoms with Crippen molar-refractivity contribution in [2.45, 2.75) is 32.4 Å². The van der Waals surface area contributed by atoms with Crippen LogP contribution in [0.5, 0.6) is 0 Å². The summed E-state index contributed by atoms with van der Waals surface area (Å²) in [6.07, 6.45) is 7.92. The van der Waals surface area contributed by atoms with Crippen LogP contribution in [-0.2, 0) is 13.1 Å². The molecule has 0 spiro atoms. The predicted octanol–water partition coefficient (Wildman–Crippen LogP) is 3.93. The van der Waals surface area contributed by atoms with Crippen LogP contribution in [0.4, 0.5) is 5.69 Å². The third-order valence-corrected chi connectivity index (χ3v) is 4.74. The van der Waals surface area contributed by atoms with Gasteiger partial charge in [0.2, 0.25) is 0 Å². The fourth-order valence-corrected chi connectivity index (χ4v) is 3.44. The largest absolute Gasteiger partial charge is 0.381 e. The second-order valence-electron chi connectivity index (χ2n) is 6.63. The molecule has 0 aliphatic carbocycles. The number of hydrogen-bond donors (Lipinski definition) is 1. The van der Waals surface area contributed by atoms with Gasteiger partial charge in [0.15, 0.2) is 0 Å². The van der Waals surface area contributed by atoms with Crippen LogP contribution in [-0.4, -0.2) is 27.6 Å². The topological polar surface area (TPSA) is 32.6 Å². The molecule has 4 nitrogen and oxygen atoms in total. The molecule has 0 saturated carbocycles. The molecular formula is C20H24N4. The Morgan fingerprint density at radius 2 is 1.88 bits per heavy atom. The summed E-state index contributed by atoms with van der Waals surface area (Å²) in [6.45, 7) is 4.37. The number of aromatic nitrogens is 2. The molecule has 1 N–H and O–H groups in total. The van der Waals surface area contributed by atoms with Crippen molar-refractivity contribution in [3.8, 4) is 0 Å². The van der Waals surface area contributed by atoms with Gasteiger partial charge in [-0.05, 0) is 67.4 Å². The molecule has 1 aromatic carbocycles. The zero-order valence-electron chi connectivity index (χ0n) is 14.0. The van der Waals surface area contributed by atoms with Crippen LogP contribution in [0.15, 0.2) is 54.9 Å². The zero-order valence-corrected chi connectivity index (χ0v) is 14.0. The summed E-state index contributed by atoms with van der Waals surface area (Å²) in [6, 6.07) is 15.1. The molecule has 4 rings (SSSR count). The van der Waals surface area contributed by atoms with Gasteiger partial charge in [-0.1, -0.05) is 18.6 Å². The van der Waals surface area contributed by atoms with Crippen LogP contribution in [0.1, 0.15) is 30.4 Å². The van der Waals surface area contributed by atoms with Crippen molar-refractivity contribution in [3.05, 3.63) is 66.0 Å². The summed E-state index contributed by atoms with van der Waals surface area (Å²) in [4.78, 5) is 2.57. The molecule has 0 bridgehead atoms. The highest BCUT2D eigenvalue weighted by Crippen LogP contribution is 2.17. The first-order valence-electron chi connectivity index (χ1n) is 8.84. The first-order chi connectivity index (χ1) is 11.9. The minimum absolute atomic E-state index is 0.828. The molecule has 2 aromatic heterocycles. The van der Waals surface area contributed by atoms with Gasteiger partial charge < -0.3 is 5.32 Å². The Bertz CT molecular complexity index is 802. The minimum Gasteiger partial charge on any atom is -0.381 e. The zero-order chi connectivity index (χ0) is 16.2. The average molecular weight is 320 g/mol. The normalized spacial score (nSPS) is 15.7. The summed E-state index contributed by atoms with van der Waals surface area (Å²) >= 11 is 0. The number of rotatable bonds is 5. The first kappa shape index (κ1) is 15.2. The summed E-state index contributed by atoms with van der Waals surface area (Å²) in [5, 5.41) is 7.78. The van der Waals surface area contributed by atoms with Crippen molar-refractivity contribution in [1.29, 1.82) is 0 Å². The average Bonchev–Trinajstić information content (AvgIpc) is 3.09. The van der Waals surface area contributed by atoms with Gasteiger partial charge in [-0.2, -0.15) is 5.10 Å². The Labute approximate surface area is 143 Å². The molecule has 3 aromatic rings. The predicted molar refractivity (Wildman–Crippen MR) is 98.1 cm³/mol. The van der Waals surface area contributed by atoms with Gasteiger partial charge in [-0.15, -0.1) is 0 Å². The lowest BCUT2D eigenvalue weighted by Gasteiger charge is -2.26. The molecule has 3 heterocycles. The van der Waals surface area contributed by atoms with Gasteiger partial charge in [0, 0.05) is 31.2 Å². The fraction of sp³-hybridized carbons (Fsp3) is 0.350. The Hall–Kier alpha value is -2.33. The van der Waals surface area contributed by atoms with Crippen LogP contribution in [0, 0.1) is 0 Å². The number of benzene rings is 1. The van der Waals surface area contributed by atoms with Crippen molar-refractivity contribution in [2.75, 3.05) is 18.4 Å². The van der Waals surface area contributed by atoms with Crippen molar-refractivity contribution in [3.63, 3.8) is 0 Å². The van der Waals surface area contributed by atoms with Crippen LogP contribution in [0.3, 0.4) is 0 Å². The second-order valence-corrected chi connectivity index (χ2v) is 6.63. The lowest BCUT2D eigenvalue weighted by molar-refractivity contribution is 0.221. The maximum Gasteiger partial charge on any atom is 0.0664 e. The van der Waals surface area contributed by atoms with Gasteiger partial charge >= 0.3 is 0 Å². The molecule has 1 aliphatic heterocycles. The van der Waals surface area contributed by atoms with Gasteiger partial charge in [0.25, 0.3) is 0 Å². The summed E-state index contributed by atoms with van der Waals surface area (Å²) in [7, 11) is 0. The van der Waals surface area contributed by atoms with E-state index >= 15 is 0 Å². The second kappa shape index (κ2) is 7.05. The Morgan fingerprint density at radius 3 is 2.79 bits per heavy atom. The molecule has 1 aliphatic rings. The molecule has 0 unspecified atom stereocenters. The van der Waals surface area contributed by atoms with Crippen molar-refractivity contribution in [1.82, 2.24) is 14.5 Å². The van der Waals surface area contributed by atoms with Gasteiger partial charge in [0.05, 0.1) is 5.52 Å². The smallest absolute Gasteiger partial charge is 0.0664 e. The van der Waals surface area contributed by atoms with Gasteiger partial charge in [0.1, 0.15) is 0 Å². The van der Waals surface area contributed by atoms with Crippen LogP contribution in [0.25, 0.3) is 5.52 Å². The maximum atomic E-state index is 4.24. The van der Waals surface area contributed by atoms with E-state index in [4.69, 9.17) is 0 Å². The van der Waals surface area contributed by atoms with E-state index < -0.39 is 0 Å². The van der Waals surface area contributed by atoms with Crippen molar-refractivity contribution < 1.29 is 0 Å². The summed E-state index contributed by atoms with van der Waals surface area (Å²) < 4.78 is 1.89. The number of fused-ring (bicyclic) bond motifs is 1. The quantitative estimate of drug-likeness (QED) is 0.773. The number of likely N-dealkylation sites (tertiary alicyclic amines) is 1. The molecule has 0 amide bonds. The third kappa shape index (κ3) is 3.60. The summed E-state index contributed by atoms with van der Waals surface area (Å²) in [5.41, 5.74) is 4.99. The maximum absolute atomic E-state index is 4.24. The Balaban J connectivity index is 1.39. The van der Waals surface area contributed by atoms with E-state index in [-0.39, 0.29) is 0 Å². The van der Waals surface area contributed by atoms with E-state index in [0.717, 1.165) is 18.6 Å². The molecule has 1 fully saturated rings. The number of nitrogens with zero attached hydrogens (tertiary/aromatic N) is 3. The monoisotopic (exact) mass is 320 g/mol. The van der Waals surface area contributed by atoms with E-state index in [1.165, 1.54) is 49.2 Å². The van der Waals surface area contributed by atoms with E-state index in [2.05, 4.69) is 51.7 Å². The Kier molecular flexibility index (Phi) is 4.47. The fourth-order valence-electron chi connectivity index (χ4n) is 3.44. The molecule has 4 heteroatoms. The first-order valence-corrected chi connectivity index (χ1v) is 8.84. The number of pyridine rings is 1. The summed E-state index contributed by atoms with van der Waals surface area (Å²) in [5.74, 6) is 0. The van der Waals surface area contributed by atoms with Crippen LogP contribution in [0.2, 0.25) is 0 Å². The van der Waals surface area contributed by atoms with E-state index in [0.29, 0.717) is 0 Å². The molecular weight excluding hydrogens is 296 g/mol. The SMILES string of the molecule is c1cc(CN2CCCCC2)cc(NCc2ccn3nccc3c2)c1. The molecule has 0 atom stereocenters. The van der Waals surface area contributed by atoms with Crippen LogP contribution < -0.4 is 5.32 Å². The van der Waals surface area contributed by atoms with E-state index in [9.17, 15) is 0 Å². The minimum atomic E-state index is 0.828. The lowest BCUT2D eigenvalue weighted by atomic mass is 10.1. The van der Waals surface area contributed by atoms with Crippen molar-refractivity contribution in [2.24, 2.45) is 0 Å². The van der Waals surface area contributed by atoms with E-state index in [1.54, 1.807) is 0 Å². The Morgan fingerprint density at radius 1 is 0.958 bits per heavy atom. The highest BCUT2D eigenvalue weighted by molar-refractivity contribution is 5.50. The number of piperidine rings is 1. The number of anilines is 1. The lowest BCUT2D eigenvalue weighted by Crippen LogP contribution is -2.29. The number of hydrogen-bond acceptors (Lipinski definition) is 3. The highest BCUT2D eigenvalue weighted by atomic mass is 15.2. The standard InChI is InChI=1S/C20H24N4/c1-2-10-23(11-3-1)16-18-5-4-6-19(13-18)21-15-17-8-12-24-20(14-17)7-9-22-24/h4-9,12-14,21H,1-3,10-11,15-16H2. The molecule has 1 saturated heterocycles. The van der Waals surface area contributed by atoms with Gasteiger partial charge in [-0.25, -0.2) is 4.52 Å². The van der Waals surface area contributed by atoms with E-state index in [1.807, 2.05) is 23.0 Å². The third-order valence-electron chi connectivity index (χ3n) is 4.74. The molecule has 124 valence electrons.